The van der Waals surface area contributed by atoms with Crippen molar-refractivity contribution in [2.45, 2.75) is 38.8 Å². The highest BCUT2D eigenvalue weighted by molar-refractivity contribution is 5.31. The molecule has 0 aliphatic carbocycles. The Kier molecular flexibility index (Phi) is 4.48. The Morgan fingerprint density at radius 3 is 2.62 bits per heavy atom. The van der Waals surface area contributed by atoms with Crippen LogP contribution in [0, 0.1) is 12.8 Å². The molecule has 2 unspecified atom stereocenters. The number of aromatic nitrogens is 2. The molecule has 4 rings (SSSR count). The lowest BCUT2D eigenvalue weighted by Crippen LogP contribution is -2.54. The second-order valence-electron chi connectivity index (χ2n) is 7.22. The van der Waals surface area contributed by atoms with Gasteiger partial charge in [-0.25, -0.2) is 9.97 Å². The minimum absolute atomic E-state index is 0.709. The van der Waals surface area contributed by atoms with Gasteiger partial charge in [-0.1, -0.05) is 30.3 Å². The lowest BCUT2D eigenvalue weighted by molar-refractivity contribution is 0.0699. The van der Waals surface area contributed by atoms with Crippen molar-refractivity contribution < 1.29 is 0 Å². The van der Waals surface area contributed by atoms with Crippen LogP contribution in [0.3, 0.4) is 0 Å². The van der Waals surface area contributed by atoms with E-state index in [4.69, 9.17) is 0 Å². The first-order valence-corrected chi connectivity index (χ1v) is 9.11. The molecule has 2 fully saturated rings. The first-order chi connectivity index (χ1) is 11.8. The molecule has 2 aliphatic heterocycles. The summed E-state index contributed by atoms with van der Waals surface area (Å²) in [7, 11) is 0. The minimum Gasteiger partial charge on any atom is -0.340 e. The summed E-state index contributed by atoms with van der Waals surface area (Å²) in [6, 6.07) is 11.6. The maximum atomic E-state index is 4.53. The zero-order chi connectivity index (χ0) is 16.4. The van der Waals surface area contributed by atoms with Crippen LogP contribution in [0.5, 0.6) is 0 Å². The van der Waals surface area contributed by atoms with Crippen molar-refractivity contribution in [3.05, 3.63) is 53.9 Å². The molecule has 0 bridgehead atoms. The first kappa shape index (κ1) is 15.6. The Morgan fingerprint density at radius 1 is 1.04 bits per heavy atom. The quantitative estimate of drug-likeness (QED) is 0.868. The van der Waals surface area contributed by atoms with Gasteiger partial charge in [-0.15, -0.1) is 0 Å². The van der Waals surface area contributed by atoms with E-state index in [0.29, 0.717) is 6.04 Å². The zero-order valence-electron chi connectivity index (χ0n) is 14.4. The van der Waals surface area contributed by atoms with Crippen molar-refractivity contribution in [3.63, 3.8) is 0 Å². The minimum atomic E-state index is 0.709. The van der Waals surface area contributed by atoms with Crippen LogP contribution in [0.2, 0.25) is 0 Å². The molecular weight excluding hydrogens is 296 g/mol. The van der Waals surface area contributed by atoms with Gasteiger partial charge in [0, 0.05) is 38.1 Å². The molecule has 4 nitrogen and oxygen atoms in total. The van der Waals surface area contributed by atoms with Gasteiger partial charge in [-0.3, -0.25) is 4.90 Å². The number of nitrogens with zero attached hydrogens (tertiary/aromatic N) is 4. The number of hydrogen-bond acceptors (Lipinski definition) is 4. The molecule has 2 atom stereocenters. The highest BCUT2D eigenvalue weighted by Gasteiger charge is 2.36. The van der Waals surface area contributed by atoms with Crippen molar-refractivity contribution >= 4 is 5.95 Å². The highest BCUT2D eigenvalue weighted by atomic mass is 15.3. The lowest BCUT2D eigenvalue weighted by Gasteiger charge is -2.47. The van der Waals surface area contributed by atoms with Crippen LogP contribution < -0.4 is 4.90 Å². The van der Waals surface area contributed by atoms with E-state index in [0.717, 1.165) is 37.1 Å². The van der Waals surface area contributed by atoms with Gasteiger partial charge in [-0.2, -0.15) is 0 Å². The molecule has 2 saturated heterocycles. The fourth-order valence-electron chi connectivity index (χ4n) is 4.25. The maximum absolute atomic E-state index is 4.53. The SMILES string of the molecule is Cc1cnc(N2CCC3C(CCCN3Cc3ccccc3)C2)nc1. The third-order valence-electron chi connectivity index (χ3n) is 5.46. The Bertz CT molecular complexity index is 655. The molecule has 2 aliphatic rings. The van der Waals surface area contributed by atoms with Crippen LogP contribution in [-0.4, -0.2) is 40.5 Å². The number of hydrogen-bond donors (Lipinski definition) is 0. The third-order valence-corrected chi connectivity index (χ3v) is 5.46. The molecule has 1 aromatic carbocycles. The van der Waals surface area contributed by atoms with E-state index in [1.54, 1.807) is 0 Å². The predicted molar refractivity (Wildman–Crippen MR) is 97.0 cm³/mol. The predicted octanol–water partition coefficient (Wildman–Crippen LogP) is 3.28. The standard InChI is InChI=1S/C20H26N4/c1-16-12-21-20(22-13-16)24-11-9-19-18(15-24)8-5-10-23(19)14-17-6-3-2-4-7-17/h2-4,6-7,12-13,18-19H,5,8-11,14-15H2,1H3. The monoisotopic (exact) mass is 322 g/mol. The van der Waals surface area contributed by atoms with E-state index in [2.05, 4.69) is 50.1 Å². The summed E-state index contributed by atoms with van der Waals surface area (Å²) < 4.78 is 0. The average Bonchev–Trinajstić information content (AvgIpc) is 2.63. The number of anilines is 1. The second kappa shape index (κ2) is 6.89. The summed E-state index contributed by atoms with van der Waals surface area (Å²) in [6.07, 6.45) is 7.71. The van der Waals surface area contributed by atoms with Crippen molar-refractivity contribution in [1.29, 1.82) is 0 Å². The van der Waals surface area contributed by atoms with Crippen LogP contribution in [0.15, 0.2) is 42.7 Å². The molecular formula is C20H26N4. The van der Waals surface area contributed by atoms with Crippen LogP contribution >= 0.6 is 0 Å². The number of aryl methyl sites for hydroxylation is 1. The normalized spacial score (nSPS) is 24.6. The average molecular weight is 322 g/mol. The Hall–Kier alpha value is -1.94. The third kappa shape index (κ3) is 3.29. The van der Waals surface area contributed by atoms with Crippen LogP contribution in [0.1, 0.15) is 30.4 Å². The Morgan fingerprint density at radius 2 is 1.83 bits per heavy atom. The lowest BCUT2D eigenvalue weighted by atomic mass is 9.83. The van der Waals surface area contributed by atoms with Gasteiger partial charge in [0.1, 0.15) is 0 Å². The molecule has 126 valence electrons. The molecule has 4 heteroatoms. The van der Waals surface area contributed by atoms with Crippen molar-refractivity contribution in [2.75, 3.05) is 24.5 Å². The van der Waals surface area contributed by atoms with E-state index < -0.39 is 0 Å². The highest BCUT2D eigenvalue weighted by Crippen LogP contribution is 2.32. The number of likely N-dealkylation sites (tertiary alicyclic amines) is 1. The van der Waals surface area contributed by atoms with Crippen molar-refractivity contribution in [1.82, 2.24) is 14.9 Å². The number of rotatable bonds is 3. The van der Waals surface area contributed by atoms with Crippen molar-refractivity contribution in [3.8, 4) is 0 Å². The molecule has 24 heavy (non-hydrogen) atoms. The summed E-state index contributed by atoms with van der Waals surface area (Å²) in [5.74, 6) is 1.64. The van der Waals surface area contributed by atoms with Gasteiger partial charge >= 0.3 is 0 Å². The summed E-state index contributed by atoms with van der Waals surface area (Å²) in [5.41, 5.74) is 2.56. The van der Waals surface area contributed by atoms with E-state index in [1.165, 1.54) is 31.4 Å². The smallest absolute Gasteiger partial charge is 0.225 e. The first-order valence-electron chi connectivity index (χ1n) is 9.11. The molecule has 0 N–H and O–H groups in total. The molecule has 3 heterocycles. The molecule has 0 saturated carbocycles. The molecule has 0 radical (unpaired) electrons. The van der Waals surface area contributed by atoms with E-state index in [1.807, 2.05) is 19.3 Å². The molecule has 0 spiro atoms. The summed E-state index contributed by atoms with van der Waals surface area (Å²) in [6.45, 7) is 6.52. The maximum Gasteiger partial charge on any atom is 0.225 e. The largest absolute Gasteiger partial charge is 0.340 e. The van der Waals surface area contributed by atoms with Gasteiger partial charge in [0.2, 0.25) is 5.95 Å². The van der Waals surface area contributed by atoms with E-state index in [-0.39, 0.29) is 0 Å². The van der Waals surface area contributed by atoms with E-state index in [9.17, 15) is 0 Å². The number of benzene rings is 1. The van der Waals surface area contributed by atoms with Crippen molar-refractivity contribution in [2.24, 2.45) is 5.92 Å². The van der Waals surface area contributed by atoms with Crippen LogP contribution in [0.4, 0.5) is 5.95 Å². The van der Waals surface area contributed by atoms with E-state index >= 15 is 0 Å². The summed E-state index contributed by atoms with van der Waals surface area (Å²) in [4.78, 5) is 14.1. The zero-order valence-corrected chi connectivity index (χ0v) is 14.4. The van der Waals surface area contributed by atoms with Gasteiger partial charge < -0.3 is 4.90 Å². The number of fused-ring (bicyclic) bond motifs is 1. The second-order valence-corrected chi connectivity index (χ2v) is 7.22. The molecule has 1 aromatic heterocycles. The summed E-state index contributed by atoms with van der Waals surface area (Å²) >= 11 is 0. The van der Waals surface area contributed by atoms with Gasteiger partial charge in [0.25, 0.3) is 0 Å². The number of piperidine rings is 2. The fourth-order valence-corrected chi connectivity index (χ4v) is 4.25. The molecule has 2 aromatic rings. The fraction of sp³-hybridized carbons (Fsp3) is 0.500. The summed E-state index contributed by atoms with van der Waals surface area (Å²) in [5, 5.41) is 0. The van der Waals surface area contributed by atoms with Crippen LogP contribution in [0.25, 0.3) is 0 Å². The molecule has 0 amide bonds. The Balaban J connectivity index is 1.44. The van der Waals surface area contributed by atoms with Gasteiger partial charge in [0.15, 0.2) is 0 Å². The Labute approximate surface area is 144 Å². The topological polar surface area (TPSA) is 32.3 Å². The van der Waals surface area contributed by atoms with Crippen LogP contribution in [-0.2, 0) is 6.54 Å². The van der Waals surface area contributed by atoms with Gasteiger partial charge in [-0.05, 0) is 49.8 Å². The van der Waals surface area contributed by atoms with Gasteiger partial charge in [0.05, 0.1) is 0 Å².